The lowest BCUT2D eigenvalue weighted by Crippen LogP contribution is -2.30. The Morgan fingerprint density at radius 3 is 2.63 bits per heavy atom. The van der Waals surface area contributed by atoms with Crippen LogP contribution in [0.3, 0.4) is 0 Å². The Morgan fingerprint density at radius 2 is 2.00 bits per heavy atom. The first-order valence-corrected chi connectivity index (χ1v) is 6.82. The van der Waals surface area contributed by atoms with Crippen molar-refractivity contribution < 1.29 is 13.2 Å². The van der Waals surface area contributed by atoms with Crippen LogP contribution in [0.5, 0.6) is 0 Å². The molecule has 104 valence electrons. The second-order valence-corrected chi connectivity index (χ2v) is 5.86. The van der Waals surface area contributed by atoms with Crippen LogP contribution in [-0.4, -0.2) is 11.0 Å². The van der Waals surface area contributed by atoms with E-state index >= 15 is 0 Å². The molecule has 0 saturated heterocycles. The Balaban J connectivity index is 1.73. The van der Waals surface area contributed by atoms with Gasteiger partial charge in [0.25, 0.3) is 5.95 Å². The highest BCUT2D eigenvalue weighted by Gasteiger charge is 2.42. The second-order valence-electron chi connectivity index (χ2n) is 5.86. The molecular weight excluding hydrogens is 253 g/mol. The molecule has 2 fully saturated rings. The molecule has 0 amide bonds. The fraction of sp³-hybridized carbons (Fsp3) is 0.643. The van der Waals surface area contributed by atoms with E-state index in [4.69, 9.17) is 0 Å². The van der Waals surface area contributed by atoms with Gasteiger partial charge in [0.2, 0.25) is 0 Å². The lowest BCUT2D eigenvalue weighted by atomic mass is 9.84. The number of hydrogen-bond donors (Lipinski definition) is 1. The molecule has 1 N–H and O–H groups in total. The predicted octanol–water partition coefficient (Wildman–Crippen LogP) is 3.74. The van der Waals surface area contributed by atoms with Crippen LogP contribution in [0.1, 0.15) is 32.6 Å². The molecular formula is C14H17F3N2. The topological polar surface area (TPSA) is 24.9 Å². The summed E-state index contributed by atoms with van der Waals surface area (Å²) in [5.41, 5.74) is 0. The Morgan fingerprint density at radius 1 is 1.21 bits per heavy atom. The van der Waals surface area contributed by atoms with Gasteiger partial charge in [0.15, 0.2) is 17.5 Å². The maximum atomic E-state index is 13.5. The third kappa shape index (κ3) is 2.30. The van der Waals surface area contributed by atoms with E-state index in [1.807, 2.05) is 6.92 Å². The largest absolute Gasteiger partial charge is 0.365 e. The second kappa shape index (κ2) is 4.69. The maximum Gasteiger partial charge on any atom is 0.251 e. The molecule has 4 unspecified atom stereocenters. The minimum Gasteiger partial charge on any atom is -0.365 e. The van der Waals surface area contributed by atoms with Crippen LogP contribution in [0.4, 0.5) is 19.0 Å². The van der Waals surface area contributed by atoms with Gasteiger partial charge in [0.05, 0.1) is 0 Å². The number of aromatic nitrogens is 1. The van der Waals surface area contributed by atoms with E-state index < -0.39 is 17.6 Å². The molecule has 1 heterocycles. The lowest BCUT2D eigenvalue weighted by molar-refractivity contribution is 0.303. The normalized spacial score (nSPS) is 30.6. The molecule has 4 atom stereocenters. The molecule has 19 heavy (non-hydrogen) atoms. The summed E-state index contributed by atoms with van der Waals surface area (Å²) in [4.78, 5) is 3.32. The van der Waals surface area contributed by atoms with Gasteiger partial charge in [-0.25, -0.2) is 8.78 Å². The van der Waals surface area contributed by atoms with Crippen LogP contribution in [0.25, 0.3) is 0 Å². The Kier molecular flexibility index (Phi) is 3.15. The van der Waals surface area contributed by atoms with E-state index in [1.54, 1.807) is 0 Å². The highest BCUT2D eigenvalue weighted by atomic mass is 19.2. The monoisotopic (exact) mass is 270 g/mol. The fourth-order valence-electron chi connectivity index (χ4n) is 3.77. The molecule has 2 aliphatic rings. The van der Waals surface area contributed by atoms with Crippen molar-refractivity contribution in [2.75, 3.05) is 5.32 Å². The SMILES string of the molecule is CC(Nc1nc(F)c(F)cc1F)C1CC2CCC1C2. The predicted molar refractivity (Wildman–Crippen MR) is 66.1 cm³/mol. The van der Waals surface area contributed by atoms with Gasteiger partial charge in [-0.1, -0.05) is 6.42 Å². The first kappa shape index (κ1) is 12.8. The van der Waals surface area contributed by atoms with Crippen LogP contribution >= 0.6 is 0 Å². The molecule has 1 aromatic rings. The molecule has 5 heteroatoms. The summed E-state index contributed by atoms with van der Waals surface area (Å²) in [6, 6.07) is 0.570. The van der Waals surface area contributed by atoms with Gasteiger partial charge >= 0.3 is 0 Å². The lowest BCUT2D eigenvalue weighted by Gasteiger charge is -2.29. The van der Waals surface area contributed by atoms with Gasteiger partial charge in [0.1, 0.15) is 0 Å². The van der Waals surface area contributed by atoms with Crippen LogP contribution in [0, 0.1) is 35.3 Å². The maximum absolute atomic E-state index is 13.5. The zero-order valence-corrected chi connectivity index (χ0v) is 10.8. The Hall–Kier alpha value is -1.26. The van der Waals surface area contributed by atoms with E-state index in [-0.39, 0.29) is 11.9 Å². The third-order valence-corrected chi connectivity index (χ3v) is 4.69. The number of hydrogen-bond acceptors (Lipinski definition) is 2. The van der Waals surface area contributed by atoms with Crippen molar-refractivity contribution in [3.63, 3.8) is 0 Å². The average molecular weight is 270 g/mol. The number of nitrogens with one attached hydrogen (secondary N) is 1. The van der Waals surface area contributed by atoms with Crippen molar-refractivity contribution in [2.45, 2.75) is 38.6 Å². The van der Waals surface area contributed by atoms with Crippen LogP contribution in [0.2, 0.25) is 0 Å². The van der Waals surface area contributed by atoms with Crippen molar-refractivity contribution in [3.8, 4) is 0 Å². The quantitative estimate of drug-likeness (QED) is 0.846. The van der Waals surface area contributed by atoms with Crippen LogP contribution in [0.15, 0.2) is 6.07 Å². The van der Waals surface area contributed by atoms with Gasteiger partial charge < -0.3 is 5.32 Å². The fourth-order valence-corrected chi connectivity index (χ4v) is 3.77. The molecule has 0 aromatic carbocycles. The molecule has 0 spiro atoms. The van der Waals surface area contributed by atoms with Gasteiger partial charge in [0, 0.05) is 12.1 Å². The highest BCUT2D eigenvalue weighted by Crippen LogP contribution is 2.49. The standard InChI is InChI=1S/C14H17F3N2/c1-7(10-5-8-2-3-9(10)4-8)18-14-12(16)6-11(15)13(17)19-14/h6-10H,2-5H2,1H3,(H,18,19). The summed E-state index contributed by atoms with van der Waals surface area (Å²) < 4.78 is 39.4. The number of pyridine rings is 1. The zero-order chi connectivity index (χ0) is 13.6. The molecule has 2 bridgehead atoms. The Bertz CT molecular complexity index is 492. The van der Waals surface area contributed by atoms with E-state index in [0.717, 1.165) is 12.3 Å². The third-order valence-electron chi connectivity index (χ3n) is 4.69. The Labute approximate surface area is 110 Å². The number of rotatable bonds is 3. The van der Waals surface area contributed by atoms with Crippen molar-refractivity contribution in [1.29, 1.82) is 0 Å². The van der Waals surface area contributed by atoms with Crippen molar-refractivity contribution in [1.82, 2.24) is 4.98 Å². The summed E-state index contributed by atoms with van der Waals surface area (Å²) in [5, 5.41) is 2.91. The summed E-state index contributed by atoms with van der Waals surface area (Å²) >= 11 is 0. The first-order valence-electron chi connectivity index (χ1n) is 6.82. The molecule has 1 aromatic heterocycles. The van der Waals surface area contributed by atoms with Crippen LogP contribution in [-0.2, 0) is 0 Å². The van der Waals surface area contributed by atoms with Gasteiger partial charge in [-0.05, 0) is 43.9 Å². The van der Waals surface area contributed by atoms with Gasteiger partial charge in [-0.15, -0.1) is 0 Å². The van der Waals surface area contributed by atoms with Gasteiger partial charge in [-0.3, -0.25) is 0 Å². The zero-order valence-electron chi connectivity index (χ0n) is 10.8. The summed E-state index contributed by atoms with van der Waals surface area (Å²) in [6.45, 7) is 1.97. The first-order chi connectivity index (χ1) is 9.04. The molecule has 2 nitrogen and oxygen atoms in total. The van der Waals surface area contributed by atoms with Crippen LogP contribution < -0.4 is 5.32 Å². The van der Waals surface area contributed by atoms with E-state index in [2.05, 4.69) is 10.3 Å². The van der Waals surface area contributed by atoms with E-state index in [1.165, 1.54) is 19.3 Å². The number of anilines is 1. The summed E-state index contributed by atoms with van der Waals surface area (Å²) in [5.74, 6) is -1.58. The molecule has 0 radical (unpaired) electrons. The summed E-state index contributed by atoms with van der Waals surface area (Å²) in [6.07, 6.45) is 4.93. The number of halogens is 3. The highest BCUT2D eigenvalue weighted by molar-refractivity contribution is 5.37. The van der Waals surface area contributed by atoms with Crippen molar-refractivity contribution in [2.24, 2.45) is 17.8 Å². The number of nitrogens with zero attached hydrogens (tertiary/aromatic N) is 1. The van der Waals surface area contributed by atoms with Crippen molar-refractivity contribution >= 4 is 5.82 Å². The van der Waals surface area contributed by atoms with E-state index in [0.29, 0.717) is 17.9 Å². The minimum absolute atomic E-state index is 0.0298. The molecule has 2 saturated carbocycles. The smallest absolute Gasteiger partial charge is 0.251 e. The van der Waals surface area contributed by atoms with Crippen molar-refractivity contribution in [3.05, 3.63) is 23.6 Å². The van der Waals surface area contributed by atoms with E-state index in [9.17, 15) is 13.2 Å². The molecule has 3 rings (SSSR count). The summed E-state index contributed by atoms with van der Waals surface area (Å²) in [7, 11) is 0. The molecule has 2 aliphatic carbocycles. The minimum atomic E-state index is -1.26. The average Bonchev–Trinajstić information content (AvgIpc) is 2.98. The molecule has 0 aliphatic heterocycles. The number of fused-ring (bicyclic) bond motifs is 2. The van der Waals surface area contributed by atoms with Gasteiger partial charge in [-0.2, -0.15) is 9.37 Å².